The number of imidazole rings is 1. The van der Waals surface area contributed by atoms with Crippen LogP contribution in [0.15, 0.2) is 90.0 Å². The SMILES string of the molecule is COc1ccc(C(OC[C@H]2O[C@@H](n3cnc4c(=O)[nH]c(NC(=O)C(C)C)nc43)C[C@@H]2OP(OCCCCOC(=O)CCC(C)=O)N(C(C)C)C(C)C)(c2ccccc2)c2ccc(OC)cc2)cc1. The molecule has 3 heterocycles. The highest BCUT2D eigenvalue weighted by Gasteiger charge is 2.45. The third-order valence-electron chi connectivity index (χ3n) is 11.5. The van der Waals surface area contributed by atoms with Gasteiger partial charge in [-0.25, -0.2) is 9.65 Å². The first-order valence-corrected chi connectivity index (χ1v) is 24.2. The first-order valence-electron chi connectivity index (χ1n) is 23.1. The van der Waals surface area contributed by atoms with E-state index in [1.54, 1.807) is 32.6 Å². The number of nitrogens with one attached hydrogen (secondary N) is 2. The van der Waals surface area contributed by atoms with Gasteiger partial charge in [-0.3, -0.25) is 29.3 Å². The Morgan fingerprint density at radius 2 is 1.47 bits per heavy atom. The average molecular weight is 957 g/mol. The quantitative estimate of drug-likeness (QED) is 0.0245. The largest absolute Gasteiger partial charge is 0.497 e. The predicted molar refractivity (Wildman–Crippen MR) is 258 cm³/mol. The van der Waals surface area contributed by atoms with Crippen LogP contribution in [0.1, 0.15) is 103 Å². The highest BCUT2D eigenvalue weighted by Crippen LogP contribution is 2.51. The maximum atomic E-state index is 13.3. The summed E-state index contributed by atoms with van der Waals surface area (Å²) in [5.41, 5.74) is 1.15. The molecule has 1 saturated heterocycles. The average Bonchev–Trinajstić information content (AvgIpc) is 3.94. The number of benzene rings is 3. The van der Waals surface area contributed by atoms with Gasteiger partial charge < -0.3 is 37.5 Å². The smallest absolute Gasteiger partial charge is 0.306 e. The number of hydrogen-bond acceptors (Lipinski definition) is 14. The number of Topliss-reactive ketones (excluding diaryl/α,β-unsaturated/α-hetero) is 1. The van der Waals surface area contributed by atoms with E-state index < -0.39 is 44.1 Å². The number of esters is 1. The number of ether oxygens (including phenoxy) is 5. The molecule has 1 fully saturated rings. The Hall–Kier alpha value is -5.55. The number of nitrogens with zero attached hydrogens (tertiary/aromatic N) is 4. The van der Waals surface area contributed by atoms with E-state index >= 15 is 0 Å². The maximum Gasteiger partial charge on any atom is 0.306 e. The van der Waals surface area contributed by atoms with E-state index in [-0.39, 0.29) is 79.3 Å². The second-order valence-corrected chi connectivity index (χ2v) is 18.9. The van der Waals surface area contributed by atoms with Gasteiger partial charge >= 0.3 is 5.97 Å². The summed E-state index contributed by atoms with van der Waals surface area (Å²) in [6.45, 7) is 13.8. The second-order valence-electron chi connectivity index (χ2n) is 17.5. The monoisotopic (exact) mass is 956 g/mol. The van der Waals surface area contributed by atoms with E-state index in [1.807, 2.05) is 78.9 Å². The van der Waals surface area contributed by atoms with Crippen LogP contribution in [0.2, 0.25) is 0 Å². The van der Waals surface area contributed by atoms with Crippen molar-refractivity contribution in [3.8, 4) is 11.5 Å². The molecular formula is C50H65N6O11P. The lowest BCUT2D eigenvalue weighted by atomic mass is 9.80. The molecule has 18 heteroatoms. The highest BCUT2D eigenvalue weighted by molar-refractivity contribution is 7.44. The van der Waals surface area contributed by atoms with Gasteiger partial charge in [0.05, 0.1) is 52.9 Å². The van der Waals surface area contributed by atoms with Crippen molar-refractivity contribution in [1.82, 2.24) is 24.2 Å². The summed E-state index contributed by atoms with van der Waals surface area (Å²) in [4.78, 5) is 61.2. The fraction of sp³-hybridized carbons (Fsp3) is 0.480. The van der Waals surface area contributed by atoms with Crippen LogP contribution in [0.5, 0.6) is 11.5 Å². The number of hydrogen-bond donors (Lipinski definition) is 2. The van der Waals surface area contributed by atoms with E-state index in [1.165, 1.54) is 13.3 Å². The molecule has 68 heavy (non-hydrogen) atoms. The van der Waals surface area contributed by atoms with E-state index in [0.717, 1.165) is 16.7 Å². The van der Waals surface area contributed by atoms with Crippen LogP contribution in [0, 0.1) is 5.92 Å². The molecule has 1 amide bonds. The number of carbonyl (C=O) groups excluding carboxylic acids is 3. The van der Waals surface area contributed by atoms with Crippen molar-refractivity contribution in [3.05, 3.63) is 112 Å². The number of anilines is 1. The molecule has 1 unspecified atom stereocenters. The molecule has 366 valence electrons. The molecule has 17 nitrogen and oxygen atoms in total. The van der Waals surface area contributed by atoms with E-state index in [2.05, 4.69) is 52.6 Å². The summed E-state index contributed by atoms with van der Waals surface area (Å²) in [6, 6.07) is 25.6. The first kappa shape index (κ1) is 51.8. The third-order valence-corrected chi connectivity index (χ3v) is 13.6. The van der Waals surface area contributed by atoms with Crippen molar-refractivity contribution in [2.24, 2.45) is 5.92 Å². The predicted octanol–water partition coefficient (Wildman–Crippen LogP) is 8.47. The van der Waals surface area contributed by atoms with Crippen molar-refractivity contribution >= 4 is 43.3 Å². The van der Waals surface area contributed by atoms with Gasteiger partial charge in [-0.15, -0.1) is 0 Å². The maximum absolute atomic E-state index is 13.3. The van der Waals surface area contributed by atoms with Crippen LogP contribution in [0.4, 0.5) is 5.95 Å². The van der Waals surface area contributed by atoms with Crippen molar-refractivity contribution < 1.29 is 47.1 Å². The second kappa shape index (κ2) is 24.1. The number of fused-ring (bicyclic) bond motifs is 1. The minimum absolute atomic E-state index is 0.00693. The number of methoxy groups -OCH3 is 2. The normalized spacial score (nSPS) is 16.8. The van der Waals surface area contributed by atoms with E-state index in [0.29, 0.717) is 30.9 Å². The summed E-state index contributed by atoms with van der Waals surface area (Å²) >= 11 is 0. The Morgan fingerprint density at radius 1 is 0.868 bits per heavy atom. The van der Waals surface area contributed by atoms with Crippen LogP contribution < -0.4 is 20.3 Å². The zero-order valence-corrected chi connectivity index (χ0v) is 41.3. The minimum atomic E-state index is -1.72. The molecule has 0 bridgehead atoms. The van der Waals surface area contributed by atoms with Gasteiger partial charge in [0.2, 0.25) is 11.9 Å². The summed E-state index contributed by atoms with van der Waals surface area (Å²) in [7, 11) is 1.53. The molecule has 4 atom stereocenters. The Morgan fingerprint density at radius 3 is 2.04 bits per heavy atom. The van der Waals surface area contributed by atoms with Crippen LogP contribution in [-0.2, 0) is 43.2 Å². The van der Waals surface area contributed by atoms with Gasteiger partial charge in [-0.2, -0.15) is 4.98 Å². The van der Waals surface area contributed by atoms with Gasteiger partial charge in [0.25, 0.3) is 14.1 Å². The molecule has 2 N–H and O–H groups in total. The van der Waals surface area contributed by atoms with E-state index in [4.69, 9.17) is 32.7 Å². The first-order chi connectivity index (χ1) is 32.6. The van der Waals surface area contributed by atoms with Crippen molar-refractivity contribution in [1.29, 1.82) is 0 Å². The number of aromatic amines is 1. The third kappa shape index (κ3) is 12.7. The van der Waals surface area contributed by atoms with Crippen LogP contribution >= 0.6 is 8.53 Å². The van der Waals surface area contributed by atoms with Crippen LogP contribution in [0.3, 0.4) is 0 Å². The Labute approximate surface area is 399 Å². The number of aromatic nitrogens is 4. The molecule has 0 aliphatic carbocycles. The summed E-state index contributed by atoms with van der Waals surface area (Å²) in [5.74, 6) is 0.236. The van der Waals surface area contributed by atoms with Crippen molar-refractivity contribution in [2.45, 2.75) is 117 Å². The highest BCUT2D eigenvalue weighted by atomic mass is 31.2. The number of carbonyl (C=O) groups is 3. The van der Waals surface area contributed by atoms with Crippen LogP contribution in [0.25, 0.3) is 11.2 Å². The Balaban J connectivity index is 1.37. The summed E-state index contributed by atoms with van der Waals surface area (Å²) in [5, 5.41) is 2.70. The number of rotatable bonds is 25. The van der Waals surface area contributed by atoms with E-state index in [9.17, 15) is 19.2 Å². The molecule has 0 radical (unpaired) electrons. The van der Waals surface area contributed by atoms with Gasteiger partial charge in [-0.05, 0) is 88.4 Å². The number of unbranched alkanes of at least 4 members (excludes halogenated alkanes) is 1. The van der Waals surface area contributed by atoms with Crippen molar-refractivity contribution in [3.63, 3.8) is 0 Å². The van der Waals surface area contributed by atoms with Gasteiger partial charge in [0.1, 0.15) is 35.2 Å². The number of H-pyrrole nitrogens is 1. The molecule has 1 aliphatic heterocycles. The Bertz CT molecular complexity index is 2420. The summed E-state index contributed by atoms with van der Waals surface area (Å²) in [6.07, 6.45) is 1.06. The number of amides is 1. The molecule has 6 rings (SSSR count). The van der Waals surface area contributed by atoms with Gasteiger partial charge in [0.15, 0.2) is 11.2 Å². The lowest BCUT2D eigenvalue weighted by Gasteiger charge is -2.39. The Kier molecular flexibility index (Phi) is 18.4. The zero-order chi connectivity index (χ0) is 49.0. The lowest BCUT2D eigenvalue weighted by molar-refractivity contribution is -0.144. The molecule has 0 saturated carbocycles. The molecule has 5 aromatic rings. The van der Waals surface area contributed by atoms with Gasteiger partial charge in [0, 0.05) is 30.8 Å². The van der Waals surface area contributed by atoms with Crippen molar-refractivity contribution in [2.75, 3.05) is 39.4 Å². The van der Waals surface area contributed by atoms with Crippen LogP contribution in [-0.4, -0.2) is 100 Å². The molecule has 0 spiro atoms. The topological polar surface area (TPSA) is 195 Å². The fourth-order valence-electron chi connectivity index (χ4n) is 7.99. The lowest BCUT2D eigenvalue weighted by Crippen LogP contribution is -2.39. The minimum Gasteiger partial charge on any atom is -0.497 e. The fourth-order valence-corrected chi connectivity index (χ4v) is 9.79. The molecule has 1 aliphatic rings. The number of ketones is 1. The molecule has 2 aromatic heterocycles. The standard InChI is InChI=1S/C50H65N6O11P/c1-32(2)47(59)53-49-52-46-45(48(60)54-49)51-31-55(46)43-29-41(67-68(56(33(3)4)34(5)6)65-28-14-13-27-63-44(58)26-17-35(7)57)42(66-43)30-64-50(36-15-11-10-12-16-36,37-18-22-39(61-8)23-19-37)38-20-24-40(62-9)25-21-38/h10-12,15-16,18-25,31-34,41-43H,13-14,17,26-30H2,1-9H3,(H2,52,53,54,59,60)/t41-,42+,43+,68?/m0/s1. The zero-order valence-electron chi connectivity index (χ0n) is 40.4. The van der Waals surface area contributed by atoms with Gasteiger partial charge in [-0.1, -0.05) is 68.4 Å². The molecular weight excluding hydrogens is 892 g/mol. The molecule has 3 aromatic carbocycles. The summed E-state index contributed by atoms with van der Waals surface area (Å²) < 4.78 is 48.5.